The molecule has 1 aliphatic carbocycles. The topological polar surface area (TPSA) is 71.1 Å². The zero-order chi connectivity index (χ0) is 21.4. The molecule has 31 heavy (non-hydrogen) atoms. The zero-order valence-electron chi connectivity index (χ0n) is 17.0. The molecule has 1 fully saturated rings. The van der Waals surface area contributed by atoms with Crippen molar-refractivity contribution < 1.29 is 13.9 Å². The molecule has 1 amide bonds. The van der Waals surface area contributed by atoms with Crippen LogP contribution in [0.25, 0.3) is 22.0 Å². The Morgan fingerprint density at radius 2 is 2.03 bits per heavy atom. The number of para-hydroxylation sites is 1. The van der Waals surface area contributed by atoms with Gasteiger partial charge < -0.3 is 9.64 Å². The summed E-state index contributed by atoms with van der Waals surface area (Å²) in [5.41, 5.74) is 3.51. The Labute approximate surface area is 178 Å². The summed E-state index contributed by atoms with van der Waals surface area (Å²) in [7, 11) is 1.74. The number of aromatic nitrogens is 3. The Morgan fingerprint density at radius 1 is 1.19 bits per heavy atom. The van der Waals surface area contributed by atoms with Crippen molar-refractivity contribution in [2.75, 3.05) is 7.05 Å². The summed E-state index contributed by atoms with van der Waals surface area (Å²) in [6.07, 6.45) is 3.77. The molecule has 2 heterocycles. The highest BCUT2D eigenvalue weighted by Crippen LogP contribution is 2.34. The van der Waals surface area contributed by atoms with Crippen molar-refractivity contribution in [3.8, 4) is 17.0 Å². The average molecular weight is 416 g/mol. The van der Waals surface area contributed by atoms with Crippen LogP contribution in [0.15, 0.2) is 60.8 Å². The number of hydrogen-bond acceptors (Lipinski definition) is 4. The van der Waals surface area contributed by atoms with Gasteiger partial charge in [-0.25, -0.2) is 9.37 Å². The van der Waals surface area contributed by atoms with Gasteiger partial charge in [0.05, 0.1) is 11.7 Å². The fourth-order valence-corrected chi connectivity index (χ4v) is 3.55. The Kier molecular flexibility index (Phi) is 4.86. The highest BCUT2D eigenvalue weighted by Gasteiger charge is 2.27. The normalized spacial score (nSPS) is 13.4. The number of ether oxygens (including phenoxy) is 1. The molecule has 0 radical (unpaired) electrons. The van der Waals surface area contributed by atoms with E-state index in [1.165, 1.54) is 12.1 Å². The second kappa shape index (κ2) is 7.83. The predicted molar refractivity (Wildman–Crippen MR) is 115 cm³/mol. The van der Waals surface area contributed by atoms with Crippen molar-refractivity contribution in [1.82, 2.24) is 20.1 Å². The van der Waals surface area contributed by atoms with Gasteiger partial charge in [0.2, 0.25) is 5.88 Å². The minimum absolute atomic E-state index is 0.0980. The monoisotopic (exact) mass is 416 g/mol. The van der Waals surface area contributed by atoms with Crippen LogP contribution in [-0.4, -0.2) is 39.1 Å². The fourth-order valence-electron chi connectivity index (χ4n) is 3.55. The van der Waals surface area contributed by atoms with Crippen LogP contribution >= 0.6 is 0 Å². The van der Waals surface area contributed by atoms with Crippen LogP contribution in [0.3, 0.4) is 0 Å². The van der Waals surface area contributed by atoms with E-state index in [1.54, 1.807) is 42.4 Å². The summed E-state index contributed by atoms with van der Waals surface area (Å²) in [5, 5.41) is 8.06. The predicted octanol–water partition coefficient (Wildman–Crippen LogP) is 4.58. The number of amides is 1. The van der Waals surface area contributed by atoms with Crippen LogP contribution in [-0.2, 0) is 6.54 Å². The molecule has 0 saturated heterocycles. The van der Waals surface area contributed by atoms with E-state index in [4.69, 9.17) is 4.74 Å². The molecule has 1 saturated carbocycles. The lowest BCUT2D eigenvalue weighted by atomic mass is 10.1. The van der Waals surface area contributed by atoms with Crippen LogP contribution in [0.1, 0.15) is 28.9 Å². The molecule has 0 aliphatic heterocycles. The number of fused-ring (bicyclic) bond motifs is 1. The molecule has 0 atom stereocenters. The molecule has 0 bridgehead atoms. The molecule has 1 aliphatic rings. The SMILES string of the molecule is CN(Cc1cccc2cn[nH]c12)C(=O)c1ccc(-c2cccc(F)c2)c(OC2CC2)n1. The van der Waals surface area contributed by atoms with E-state index in [0.717, 1.165) is 29.3 Å². The van der Waals surface area contributed by atoms with E-state index in [9.17, 15) is 9.18 Å². The second-order valence-corrected chi connectivity index (χ2v) is 7.79. The minimum Gasteiger partial charge on any atom is -0.474 e. The molecule has 5 rings (SSSR count). The maximum absolute atomic E-state index is 13.7. The summed E-state index contributed by atoms with van der Waals surface area (Å²) < 4.78 is 19.7. The number of rotatable bonds is 6. The van der Waals surface area contributed by atoms with Crippen molar-refractivity contribution in [2.24, 2.45) is 0 Å². The van der Waals surface area contributed by atoms with Crippen molar-refractivity contribution in [3.63, 3.8) is 0 Å². The van der Waals surface area contributed by atoms with E-state index in [-0.39, 0.29) is 23.5 Å². The van der Waals surface area contributed by atoms with Gasteiger partial charge in [-0.05, 0) is 48.2 Å². The molecule has 1 N–H and O–H groups in total. The molecule has 4 aromatic rings. The van der Waals surface area contributed by atoms with E-state index in [1.807, 2.05) is 18.2 Å². The van der Waals surface area contributed by atoms with Crippen molar-refractivity contribution in [3.05, 3.63) is 77.9 Å². The van der Waals surface area contributed by atoms with Gasteiger partial charge >= 0.3 is 0 Å². The lowest BCUT2D eigenvalue weighted by molar-refractivity contribution is 0.0778. The highest BCUT2D eigenvalue weighted by molar-refractivity contribution is 5.93. The van der Waals surface area contributed by atoms with Gasteiger partial charge in [0.15, 0.2) is 0 Å². The van der Waals surface area contributed by atoms with Gasteiger partial charge in [-0.2, -0.15) is 5.10 Å². The van der Waals surface area contributed by atoms with Gasteiger partial charge in [-0.3, -0.25) is 9.89 Å². The summed E-state index contributed by atoms with van der Waals surface area (Å²) >= 11 is 0. The van der Waals surface area contributed by atoms with E-state index in [2.05, 4.69) is 15.2 Å². The number of H-pyrrole nitrogens is 1. The zero-order valence-corrected chi connectivity index (χ0v) is 17.0. The summed E-state index contributed by atoms with van der Waals surface area (Å²) in [5.74, 6) is -0.186. The van der Waals surface area contributed by atoms with Gasteiger partial charge in [0.25, 0.3) is 5.91 Å². The molecule has 2 aromatic carbocycles. The Bertz CT molecular complexity index is 1270. The first-order chi connectivity index (χ1) is 15.1. The summed E-state index contributed by atoms with van der Waals surface area (Å²) in [6.45, 7) is 0.407. The first kappa shape index (κ1) is 19.2. The maximum Gasteiger partial charge on any atom is 0.272 e. The van der Waals surface area contributed by atoms with E-state index in [0.29, 0.717) is 23.6 Å². The van der Waals surface area contributed by atoms with Crippen molar-refractivity contribution >= 4 is 16.8 Å². The molecular formula is C24H21FN4O2. The number of nitrogens with zero attached hydrogens (tertiary/aromatic N) is 3. The molecule has 156 valence electrons. The number of benzene rings is 2. The average Bonchev–Trinajstić information content (AvgIpc) is 3.45. The lowest BCUT2D eigenvalue weighted by Crippen LogP contribution is -2.27. The second-order valence-electron chi connectivity index (χ2n) is 7.79. The third-order valence-corrected chi connectivity index (χ3v) is 5.33. The molecule has 0 unspecified atom stereocenters. The van der Waals surface area contributed by atoms with Crippen LogP contribution in [0.5, 0.6) is 5.88 Å². The molecule has 0 spiro atoms. The quantitative estimate of drug-likeness (QED) is 0.500. The van der Waals surface area contributed by atoms with Gasteiger partial charge in [-0.1, -0.05) is 30.3 Å². The number of carbonyl (C=O) groups is 1. The molecule has 7 heteroatoms. The standard InChI is InChI=1S/C24H21FN4O2/c1-29(14-17-6-2-5-16-13-26-28-22(16)17)24(30)21-11-10-20(15-4-3-7-18(25)12-15)23(27-21)31-19-8-9-19/h2-7,10-13,19H,8-9,14H2,1H3,(H,26,28). The first-order valence-corrected chi connectivity index (χ1v) is 10.2. The van der Waals surface area contributed by atoms with E-state index < -0.39 is 0 Å². The van der Waals surface area contributed by atoms with Gasteiger partial charge in [-0.15, -0.1) is 0 Å². The number of halogens is 1. The smallest absolute Gasteiger partial charge is 0.272 e. The van der Waals surface area contributed by atoms with Gasteiger partial charge in [0, 0.05) is 24.5 Å². The van der Waals surface area contributed by atoms with Crippen LogP contribution in [0.4, 0.5) is 4.39 Å². The fraction of sp³-hybridized carbons (Fsp3) is 0.208. The number of hydrogen-bond donors (Lipinski definition) is 1. The molecule has 6 nitrogen and oxygen atoms in total. The maximum atomic E-state index is 13.7. The molecular weight excluding hydrogens is 395 g/mol. The van der Waals surface area contributed by atoms with Gasteiger partial charge in [0.1, 0.15) is 17.6 Å². The summed E-state index contributed by atoms with van der Waals surface area (Å²) in [6, 6.07) is 15.6. The number of carbonyl (C=O) groups excluding carboxylic acids is 1. The third kappa shape index (κ3) is 3.99. The number of aromatic amines is 1. The van der Waals surface area contributed by atoms with Crippen LogP contribution in [0, 0.1) is 5.82 Å². The minimum atomic E-state index is -0.331. The Morgan fingerprint density at radius 3 is 2.84 bits per heavy atom. The number of pyridine rings is 1. The van der Waals surface area contributed by atoms with Crippen LogP contribution < -0.4 is 4.74 Å². The van der Waals surface area contributed by atoms with Crippen molar-refractivity contribution in [1.29, 1.82) is 0 Å². The Balaban J connectivity index is 1.43. The van der Waals surface area contributed by atoms with Crippen molar-refractivity contribution in [2.45, 2.75) is 25.5 Å². The van der Waals surface area contributed by atoms with E-state index >= 15 is 0 Å². The highest BCUT2D eigenvalue weighted by atomic mass is 19.1. The Hall–Kier alpha value is -3.74. The largest absolute Gasteiger partial charge is 0.474 e. The number of nitrogens with one attached hydrogen (secondary N) is 1. The van der Waals surface area contributed by atoms with Crippen LogP contribution in [0.2, 0.25) is 0 Å². The summed E-state index contributed by atoms with van der Waals surface area (Å²) in [4.78, 5) is 19.2. The molecule has 2 aromatic heterocycles. The lowest BCUT2D eigenvalue weighted by Gasteiger charge is -2.18. The third-order valence-electron chi connectivity index (χ3n) is 5.33. The first-order valence-electron chi connectivity index (χ1n) is 10.2.